The molecule has 0 fully saturated rings. The summed E-state index contributed by atoms with van der Waals surface area (Å²) in [5.41, 5.74) is 2.39. The van der Waals surface area contributed by atoms with E-state index >= 15 is 0 Å². The quantitative estimate of drug-likeness (QED) is 0.851. The van der Waals surface area contributed by atoms with Crippen molar-refractivity contribution >= 4 is 11.9 Å². The lowest BCUT2D eigenvalue weighted by atomic mass is 10.0. The van der Waals surface area contributed by atoms with Crippen LogP contribution in [-0.4, -0.2) is 17.0 Å². The van der Waals surface area contributed by atoms with Gasteiger partial charge in [0, 0.05) is 0 Å². The predicted molar refractivity (Wildman–Crippen MR) is 83.1 cm³/mol. The molecule has 0 unspecified atom stereocenters. The molecule has 4 heteroatoms. The summed E-state index contributed by atoms with van der Waals surface area (Å²) in [6.07, 6.45) is 0. The van der Waals surface area contributed by atoms with Crippen LogP contribution in [0.5, 0.6) is 0 Å². The lowest BCUT2D eigenvalue weighted by molar-refractivity contribution is 0.0472. The van der Waals surface area contributed by atoms with E-state index in [4.69, 9.17) is 9.84 Å². The molecule has 2 aromatic carbocycles. The summed E-state index contributed by atoms with van der Waals surface area (Å²) in [4.78, 5) is 23.0. The predicted octanol–water partition coefficient (Wildman–Crippen LogP) is 3.87. The summed E-state index contributed by atoms with van der Waals surface area (Å²) in [6.45, 7) is 4.16. The molecule has 0 aliphatic heterocycles. The van der Waals surface area contributed by atoms with Gasteiger partial charge in [-0.25, -0.2) is 9.59 Å². The van der Waals surface area contributed by atoms with Crippen LogP contribution in [0.15, 0.2) is 48.5 Å². The van der Waals surface area contributed by atoms with E-state index in [1.54, 1.807) is 18.2 Å². The van der Waals surface area contributed by atoms with Gasteiger partial charge in [0.15, 0.2) is 0 Å². The van der Waals surface area contributed by atoms with Crippen LogP contribution in [0.2, 0.25) is 0 Å². The van der Waals surface area contributed by atoms with Crippen LogP contribution >= 0.6 is 0 Å². The van der Waals surface area contributed by atoms with Gasteiger partial charge in [0.25, 0.3) is 0 Å². The Kier molecular flexibility index (Phi) is 4.94. The van der Waals surface area contributed by atoms with Crippen molar-refractivity contribution in [3.63, 3.8) is 0 Å². The molecule has 114 valence electrons. The summed E-state index contributed by atoms with van der Waals surface area (Å²) in [5, 5.41) is 8.94. The van der Waals surface area contributed by atoms with Gasteiger partial charge in [0.1, 0.15) is 6.61 Å². The van der Waals surface area contributed by atoms with Gasteiger partial charge in [-0.05, 0) is 41.3 Å². The zero-order valence-corrected chi connectivity index (χ0v) is 12.6. The second kappa shape index (κ2) is 6.89. The maximum Gasteiger partial charge on any atom is 0.338 e. The number of hydrogen-bond acceptors (Lipinski definition) is 3. The molecule has 0 saturated heterocycles. The molecule has 0 spiro atoms. The molecule has 0 radical (unpaired) electrons. The van der Waals surface area contributed by atoms with Crippen LogP contribution in [0.3, 0.4) is 0 Å². The van der Waals surface area contributed by atoms with Crippen molar-refractivity contribution < 1.29 is 19.4 Å². The van der Waals surface area contributed by atoms with E-state index in [1.165, 1.54) is 12.1 Å². The van der Waals surface area contributed by atoms with Crippen molar-refractivity contribution in [3.05, 3.63) is 70.8 Å². The third-order valence-electron chi connectivity index (χ3n) is 3.33. The minimum Gasteiger partial charge on any atom is -0.478 e. The van der Waals surface area contributed by atoms with E-state index in [0.29, 0.717) is 17.0 Å². The Bertz CT molecular complexity index is 689. The Labute approximate surface area is 129 Å². The second-order valence-corrected chi connectivity index (χ2v) is 5.36. The monoisotopic (exact) mass is 298 g/mol. The van der Waals surface area contributed by atoms with Gasteiger partial charge < -0.3 is 9.84 Å². The number of carboxylic acids is 1. The molecule has 0 heterocycles. The normalized spacial score (nSPS) is 10.5. The molecule has 0 bridgehead atoms. The number of benzene rings is 2. The molecule has 22 heavy (non-hydrogen) atoms. The van der Waals surface area contributed by atoms with Crippen LogP contribution in [0, 0.1) is 0 Å². The van der Waals surface area contributed by atoms with Gasteiger partial charge in [0.05, 0.1) is 11.1 Å². The molecule has 0 aromatic heterocycles. The van der Waals surface area contributed by atoms with Crippen molar-refractivity contribution in [2.45, 2.75) is 26.4 Å². The molecular formula is C18H18O4. The van der Waals surface area contributed by atoms with Crippen LogP contribution in [0.4, 0.5) is 0 Å². The van der Waals surface area contributed by atoms with Gasteiger partial charge in [0.2, 0.25) is 0 Å². The minimum absolute atomic E-state index is 0.0475. The number of ether oxygens (including phenoxy) is 1. The number of aromatic carboxylic acids is 1. The van der Waals surface area contributed by atoms with E-state index in [1.807, 2.05) is 18.2 Å². The lowest BCUT2D eigenvalue weighted by Crippen LogP contribution is -2.06. The largest absolute Gasteiger partial charge is 0.478 e. The van der Waals surface area contributed by atoms with Gasteiger partial charge in [-0.2, -0.15) is 0 Å². The Morgan fingerprint density at radius 3 is 2.41 bits per heavy atom. The van der Waals surface area contributed by atoms with E-state index < -0.39 is 11.9 Å². The van der Waals surface area contributed by atoms with E-state index in [0.717, 1.165) is 5.56 Å². The average molecular weight is 298 g/mol. The molecule has 2 rings (SSSR count). The number of rotatable bonds is 5. The topological polar surface area (TPSA) is 63.6 Å². The van der Waals surface area contributed by atoms with E-state index in [-0.39, 0.29) is 12.2 Å². The van der Waals surface area contributed by atoms with E-state index in [9.17, 15) is 9.59 Å². The van der Waals surface area contributed by atoms with Gasteiger partial charge in [-0.1, -0.05) is 38.1 Å². The van der Waals surface area contributed by atoms with Gasteiger partial charge in [-0.15, -0.1) is 0 Å². The van der Waals surface area contributed by atoms with Gasteiger partial charge in [-0.3, -0.25) is 0 Å². The Morgan fingerprint density at radius 2 is 1.73 bits per heavy atom. The van der Waals surface area contributed by atoms with Gasteiger partial charge >= 0.3 is 11.9 Å². The smallest absolute Gasteiger partial charge is 0.338 e. The fourth-order valence-corrected chi connectivity index (χ4v) is 2.05. The fourth-order valence-electron chi connectivity index (χ4n) is 2.05. The maximum atomic E-state index is 12.1. The first-order valence-corrected chi connectivity index (χ1v) is 7.06. The maximum absolute atomic E-state index is 12.1. The van der Waals surface area contributed by atoms with E-state index in [2.05, 4.69) is 13.8 Å². The highest BCUT2D eigenvalue weighted by atomic mass is 16.5. The molecule has 0 aliphatic carbocycles. The van der Waals surface area contributed by atoms with Crippen LogP contribution in [-0.2, 0) is 11.3 Å². The molecule has 4 nitrogen and oxygen atoms in total. The molecule has 0 saturated carbocycles. The third kappa shape index (κ3) is 3.95. The lowest BCUT2D eigenvalue weighted by Gasteiger charge is -2.09. The van der Waals surface area contributed by atoms with Crippen molar-refractivity contribution in [1.29, 1.82) is 0 Å². The first-order valence-electron chi connectivity index (χ1n) is 7.06. The highest BCUT2D eigenvalue weighted by Gasteiger charge is 2.10. The zero-order chi connectivity index (χ0) is 16.1. The molecule has 1 N–H and O–H groups in total. The first-order chi connectivity index (χ1) is 10.5. The molecular weight excluding hydrogens is 280 g/mol. The standard InChI is InChI=1S/C18H18O4/c1-12(2)14-6-4-8-16(10-14)18(21)22-11-13-5-3-7-15(9-13)17(19)20/h3-10,12H,11H2,1-2H3,(H,19,20). The third-order valence-corrected chi connectivity index (χ3v) is 3.33. The second-order valence-electron chi connectivity index (χ2n) is 5.36. The van der Waals surface area contributed by atoms with Crippen molar-refractivity contribution in [2.75, 3.05) is 0 Å². The number of carbonyl (C=O) groups is 2. The summed E-state index contributed by atoms with van der Waals surface area (Å²) in [5.74, 6) is -1.08. The van der Waals surface area contributed by atoms with Crippen LogP contribution in [0.25, 0.3) is 0 Å². The first kappa shape index (κ1) is 15.8. The minimum atomic E-state index is -1.00. The number of carbonyl (C=O) groups excluding carboxylic acids is 1. The number of hydrogen-bond donors (Lipinski definition) is 1. The highest BCUT2D eigenvalue weighted by Crippen LogP contribution is 2.16. The Hall–Kier alpha value is -2.62. The Balaban J connectivity index is 2.05. The summed E-state index contributed by atoms with van der Waals surface area (Å²) in [7, 11) is 0. The molecule has 2 aromatic rings. The SMILES string of the molecule is CC(C)c1cccc(C(=O)OCc2cccc(C(=O)O)c2)c1. The Morgan fingerprint density at radius 1 is 1.05 bits per heavy atom. The molecule has 0 aliphatic rings. The summed E-state index contributed by atoms with van der Waals surface area (Å²) < 4.78 is 5.25. The van der Waals surface area contributed by atoms with Crippen molar-refractivity contribution in [3.8, 4) is 0 Å². The molecule has 0 atom stereocenters. The summed E-state index contributed by atoms with van der Waals surface area (Å²) >= 11 is 0. The molecule has 0 amide bonds. The fraction of sp³-hybridized carbons (Fsp3) is 0.222. The number of esters is 1. The summed E-state index contributed by atoms with van der Waals surface area (Å²) in [6, 6.07) is 13.7. The average Bonchev–Trinajstić information content (AvgIpc) is 2.53. The zero-order valence-electron chi connectivity index (χ0n) is 12.6. The van der Waals surface area contributed by atoms with Crippen molar-refractivity contribution in [2.24, 2.45) is 0 Å². The van der Waals surface area contributed by atoms with Crippen LogP contribution in [0.1, 0.15) is 51.6 Å². The van der Waals surface area contributed by atoms with Crippen molar-refractivity contribution in [1.82, 2.24) is 0 Å². The number of carboxylic acid groups (broad SMARTS) is 1. The highest BCUT2D eigenvalue weighted by molar-refractivity contribution is 5.90. The van der Waals surface area contributed by atoms with Crippen LogP contribution < -0.4 is 0 Å².